The van der Waals surface area contributed by atoms with Gasteiger partial charge in [0.1, 0.15) is 11.3 Å². The summed E-state index contributed by atoms with van der Waals surface area (Å²) in [5.41, 5.74) is 3.18. The summed E-state index contributed by atoms with van der Waals surface area (Å²) in [4.78, 5) is 4.73. The SMILES string of the molecule is CCCCCn1c(C(C)Cl)nc2c(CC)nn(C)c21. The summed E-state index contributed by atoms with van der Waals surface area (Å²) in [6.07, 6.45) is 4.51. The molecule has 1 atom stereocenters. The molecule has 0 amide bonds. The topological polar surface area (TPSA) is 35.6 Å². The first-order valence-electron chi connectivity index (χ1n) is 7.16. The molecule has 4 nitrogen and oxygen atoms in total. The van der Waals surface area contributed by atoms with E-state index >= 15 is 0 Å². The maximum atomic E-state index is 6.28. The van der Waals surface area contributed by atoms with Crippen molar-refractivity contribution in [3.05, 3.63) is 11.5 Å². The second-order valence-corrected chi connectivity index (χ2v) is 5.70. The summed E-state index contributed by atoms with van der Waals surface area (Å²) >= 11 is 6.28. The monoisotopic (exact) mass is 282 g/mol. The third kappa shape index (κ3) is 2.64. The van der Waals surface area contributed by atoms with Crippen LogP contribution in [-0.2, 0) is 20.0 Å². The van der Waals surface area contributed by atoms with Gasteiger partial charge in [0, 0.05) is 13.6 Å². The van der Waals surface area contributed by atoms with Crippen molar-refractivity contribution in [3.8, 4) is 0 Å². The zero-order valence-electron chi connectivity index (χ0n) is 12.3. The van der Waals surface area contributed by atoms with Crippen LogP contribution in [0.15, 0.2) is 0 Å². The fraction of sp³-hybridized carbons (Fsp3) is 0.714. The van der Waals surface area contributed by atoms with Crippen molar-refractivity contribution >= 4 is 22.8 Å². The molecule has 2 aromatic rings. The summed E-state index contributed by atoms with van der Waals surface area (Å²) in [7, 11) is 1.99. The number of aryl methyl sites for hydroxylation is 3. The number of alkyl halides is 1. The van der Waals surface area contributed by atoms with Crippen LogP contribution in [0.1, 0.15) is 56.9 Å². The second-order valence-electron chi connectivity index (χ2n) is 5.04. The van der Waals surface area contributed by atoms with E-state index in [9.17, 15) is 0 Å². The predicted octanol–water partition coefficient (Wildman–Crippen LogP) is 3.82. The lowest BCUT2D eigenvalue weighted by molar-refractivity contribution is 0.577. The molecule has 2 aromatic heterocycles. The Hall–Kier alpha value is -1.03. The van der Waals surface area contributed by atoms with Gasteiger partial charge in [0.2, 0.25) is 0 Å². The molecule has 0 fully saturated rings. The van der Waals surface area contributed by atoms with Gasteiger partial charge in [-0.1, -0.05) is 26.7 Å². The minimum absolute atomic E-state index is 0.0706. The molecule has 0 aliphatic carbocycles. The fourth-order valence-corrected chi connectivity index (χ4v) is 2.71. The number of imidazole rings is 1. The summed E-state index contributed by atoms with van der Waals surface area (Å²) in [5, 5.41) is 4.48. The summed E-state index contributed by atoms with van der Waals surface area (Å²) in [6, 6.07) is 0. The number of halogens is 1. The molecule has 19 heavy (non-hydrogen) atoms. The molecule has 0 N–H and O–H groups in total. The maximum Gasteiger partial charge on any atom is 0.158 e. The Balaban J connectivity index is 2.49. The predicted molar refractivity (Wildman–Crippen MR) is 79.7 cm³/mol. The van der Waals surface area contributed by atoms with Crippen molar-refractivity contribution in [2.75, 3.05) is 0 Å². The van der Waals surface area contributed by atoms with Gasteiger partial charge in [0.25, 0.3) is 0 Å². The van der Waals surface area contributed by atoms with E-state index in [4.69, 9.17) is 16.6 Å². The van der Waals surface area contributed by atoms with E-state index < -0.39 is 0 Å². The Morgan fingerprint density at radius 2 is 2.00 bits per heavy atom. The molecule has 0 aromatic carbocycles. The molecular weight excluding hydrogens is 260 g/mol. The Morgan fingerprint density at radius 1 is 1.26 bits per heavy atom. The number of unbranched alkanes of at least 4 members (excludes halogenated alkanes) is 2. The largest absolute Gasteiger partial charge is 0.312 e. The lowest BCUT2D eigenvalue weighted by Gasteiger charge is -2.10. The first-order valence-corrected chi connectivity index (χ1v) is 7.59. The van der Waals surface area contributed by atoms with E-state index in [1.807, 2.05) is 18.7 Å². The molecule has 2 heterocycles. The third-order valence-corrected chi connectivity index (χ3v) is 3.69. The molecule has 2 rings (SSSR count). The highest BCUT2D eigenvalue weighted by Gasteiger charge is 2.20. The highest BCUT2D eigenvalue weighted by Crippen LogP contribution is 2.27. The molecule has 0 aliphatic rings. The van der Waals surface area contributed by atoms with Gasteiger partial charge in [-0.05, 0) is 19.8 Å². The molecule has 0 spiro atoms. The molecule has 0 bridgehead atoms. The van der Waals surface area contributed by atoms with Crippen molar-refractivity contribution in [2.24, 2.45) is 7.05 Å². The molecule has 0 radical (unpaired) electrons. The van der Waals surface area contributed by atoms with Gasteiger partial charge in [-0.2, -0.15) is 5.10 Å². The van der Waals surface area contributed by atoms with Crippen molar-refractivity contribution in [2.45, 2.75) is 58.4 Å². The number of rotatable bonds is 6. The fourth-order valence-electron chi connectivity index (χ4n) is 2.54. The van der Waals surface area contributed by atoms with Crippen LogP contribution in [0, 0.1) is 0 Å². The maximum absolute atomic E-state index is 6.28. The zero-order chi connectivity index (χ0) is 14.0. The van der Waals surface area contributed by atoms with Crippen molar-refractivity contribution in [1.82, 2.24) is 19.3 Å². The lowest BCUT2D eigenvalue weighted by Crippen LogP contribution is -2.08. The second kappa shape index (κ2) is 5.95. The summed E-state index contributed by atoms with van der Waals surface area (Å²) in [5.74, 6) is 0.968. The summed E-state index contributed by atoms with van der Waals surface area (Å²) < 4.78 is 4.19. The molecular formula is C14H23ClN4. The normalized spacial score (nSPS) is 13.3. The molecule has 1 unspecified atom stereocenters. The van der Waals surface area contributed by atoms with E-state index in [1.54, 1.807) is 0 Å². The Labute approximate surface area is 119 Å². The number of hydrogen-bond donors (Lipinski definition) is 0. The highest BCUT2D eigenvalue weighted by atomic mass is 35.5. The standard InChI is InChI=1S/C14H23ClN4/c1-5-7-8-9-19-13(10(3)15)16-12-11(6-2)17-18(4)14(12)19/h10H,5-9H2,1-4H3. The van der Waals surface area contributed by atoms with Crippen LogP contribution >= 0.6 is 11.6 Å². The average molecular weight is 283 g/mol. The molecule has 0 saturated carbocycles. The number of fused-ring (bicyclic) bond motifs is 1. The lowest BCUT2D eigenvalue weighted by atomic mass is 10.2. The number of aromatic nitrogens is 4. The van der Waals surface area contributed by atoms with Crippen LogP contribution in [0.3, 0.4) is 0 Å². The van der Waals surface area contributed by atoms with Crippen LogP contribution in [0.2, 0.25) is 0 Å². The van der Waals surface area contributed by atoms with E-state index in [0.29, 0.717) is 0 Å². The van der Waals surface area contributed by atoms with Crippen molar-refractivity contribution in [1.29, 1.82) is 0 Å². The van der Waals surface area contributed by atoms with Crippen LogP contribution in [0.4, 0.5) is 0 Å². The first kappa shape index (κ1) is 14.4. The van der Waals surface area contributed by atoms with Gasteiger partial charge in [-0.25, -0.2) is 4.98 Å². The van der Waals surface area contributed by atoms with E-state index in [-0.39, 0.29) is 5.38 Å². The van der Waals surface area contributed by atoms with Crippen LogP contribution in [0.5, 0.6) is 0 Å². The van der Waals surface area contributed by atoms with Gasteiger partial charge in [0.05, 0.1) is 11.1 Å². The Morgan fingerprint density at radius 3 is 2.58 bits per heavy atom. The quantitative estimate of drug-likeness (QED) is 0.596. The van der Waals surface area contributed by atoms with E-state index in [0.717, 1.165) is 42.1 Å². The molecule has 0 saturated heterocycles. The van der Waals surface area contributed by atoms with E-state index in [2.05, 4.69) is 23.5 Å². The molecule has 0 aliphatic heterocycles. The van der Waals surface area contributed by atoms with Gasteiger partial charge in [-0.15, -0.1) is 11.6 Å². The highest BCUT2D eigenvalue weighted by molar-refractivity contribution is 6.20. The van der Waals surface area contributed by atoms with Gasteiger partial charge < -0.3 is 4.57 Å². The van der Waals surface area contributed by atoms with Gasteiger partial charge >= 0.3 is 0 Å². The first-order chi connectivity index (χ1) is 9.10. The number of nitrogens with zero attached hydrogens (tertiary/aromatic N) is 4. The Kier molecular flexibility index (Phi) is 4.50. The van der Waals surface area contributed by atoms with Crippen LogP contribution in [-0.4, -0.2) is 19.3 Å². The van der Waals surface area contributed by atoms with Crippen LogP contribution in [0.25, 0.3) is 11.2 Å². The third-order valence-electron chi connectivity index (χ3n) is 3.50. The zero-order valence-corrected chi connectivity index (χ0v) is 13.0. The van der Waals surface area contributed by atoms with E-state index in [1.165, 1.54) is 12.8 Å². The Bertz CT molecular complexity index is 553. The van der Waals surface area contributed by atoms with Gasteiger partial charge in [-0.3, -0.25) is 4.68 Å². The molecule has 5 heteroatoms. The smallest absolute Gasteiger partial charge is 0.158 e. The van der Waals surface area contributed by atoms with Crippen molar-refractivity contribution in [3.63, 3.8) is 0 Å². The minimum Gasteiger partial charge on any atom is -0.312 e. The van der Waals surface area contributed by atoms with Gasteiger partial charge in [0.15, 0.2) is 5.65 Å². The minimum atomic E-state index is -0.0706. The average Bonchev–Trinajstić information content (AvgIpc) is 2.89. The summed E-state index contributed by atoms with van der Waals surface area (Å²) in [6.45, 7) is 7.28. The van der Waals surface area contributed by atoms with Crippen LogP contribution < -0.4 is 0 Å². The van der Waals surface area contributed by atoms with Crippen molar-refractivity contribution < 1.29 is 0 Å². The molecule has 106 valence electrons. The number of hydrogen-bond acceptors (Lipinski definition) is 2.